The van der Waals surface area contributed by atoms with E-state index in [0.29, 0.717) is 59.7 Å². The summed E-state index contributed by atoms with van der Waals surface area (Å²) in [5, 5.41) is 26.6. The SMILES string of the molecule is CC1(c2ccc(F)c(F)c2)N=C(c2nccs2)NC(CN2CCOCC2C(O)=C2CC2)=C1C#N. The molecule has 1 aromatic carbocycles. The third-order valence-electron chi connectivity index (χ3n) is 6.40. The molecule has 2 atom stereocenters. The van der Waals surface area contributed by atoms with Crippen molar-refractivity contribution >= 4 is 17.2 Å². The van der Waals surface area contributed by atoms with E-state index < -0.39 is 17.2 Å². The zero-order valence-corrected chi connectivity index (χ0v) is 19.3. The van der Waals surface area contributed by atoms with Crippen molar-refractivity contribution in [3.63, 3.8) is 0 Å². The molecule has 176 valence electrons. The highest BCUT2D eigenvalue weighted by Crippen LogP contribution is 2.39. The Kier molecular flexibility index (Phi) is 5.93. The summed E-state index contributed by atoms with van der Waals surface area (Å²) in [5.41, 5.74) is 1.00. The van der Waals surface area contributed by atoms with E-state index in [0.717, 1.165) is 30.5 Å². The van der Waals surface area contributed by atoms with Gasteiger partial charge in [-0.1, -0.05) is 6.07 Å². The second kappa shape index (κ2) is 8.91. The number of nitriles is 1. The monoisotopic (exact) mass is 483 g/mol. The van der Waals surface area contributed by atoms with Crippen LogP contribution in [0.25, 0.3) is 0 Å². The van der Waals surface area contributed by atoms with Gasteiger partial charge in [-0.3, -0.25) is 4.90 Å². The summed E-state index contributed by atoms with van der Waals surface area (Å²) in [6, 6.07) is 5.52. The second-order valence-electron chi connectivity index (χ2n) is 8.64. The molecule has 2 N–H and O–H groups in total. The summed E-state index contributed by atoms with van der Waals surface area (Å²) < 4.78 is 33.5. The number of hydrogen-bond donors (Lipinski definition) is 2. The lowest BCUT2D eigenvalue weighted by molar-refractivity contribution is -0.00368. The molecule has 7 nitrogen and oxygen atoms in total. The number of aromatic nitrogens is 1. The molecule has 3 aliphatic rings. The topological polar surface area (TPSA) is 93.8 Å². The summed E-state index contributed by atoms with van der Waals surface area (Å²) in [5.74, 6) is -1.18. The normalized spacial score (nSPS) is 24.9. The number of ether oxygens (including phenoxy) is 1. The van der Waals surface area contributed by atoms with Gasteiger partial charge in [-0.05, 0) is 43.0 Å². The average molecular weight is 484 g/mol. The molecule has 1 saturated carbocycles. The van der Waals surface area contributed by atoms with Crippen LogP contribution in [0.1, 0.15) is 30.3 Å². The molecule has 2 aliphatic heterocycles. The number of aliphatic hydroxyl groups is 1. The van der Waals surface area contributed by atoms with Crippen molar-refractivity contribution in [1.82, 2.24) is 15.2 Å². The van der Waals surface area contributed by atoms with E-state index in [1.165, 1.54) is 17.4 Å². The minimum absolute atomic E-state index is 0.294. The van der Waals surface area contributed by atoms with Gasteiger partial charge in [0.2, 0.25) is 0 Å². The summed E-state index contributed by atoms with van der Waals surface area (Å²) in [7, 11) is 0. The lowest BCUT2D eigenvalue weighted by atomic mass is 9.82. The molecule has 2 aromatic rings. The number of allylic oxidation sites excluding steroid dienone is 1. The number of nitrogens with one attached hydrogen (secondary N) is 1. The minimum Gasteiger partial charge on any atom is -0.511 e. The summed E-state index contributed by atoms with van der Waals surface area (Å²) in [6.07, 6.45) is 3.42. The lowest BCUT2D eigenvalue weighted by Crippen LogP contribution is -2.50. The van der Waals surface area contributed by atoms with Crippen molar-refractivity contribution in [2.45, 2.75) is 31.3 Å². The van der Waals surface area contributed by atoms with Crippen molar-refractivity contribution < 1.29 is 18.6 Å². The molecule has 2 fully saturated rings. The van der Waals surface area contributed by atoms with Gasteiger partial charge in [-0.25, -0.2) is 18.8 Å². The van der Waals surface area contributed by atoms with Gasteiger partial charge >= 0.3 is 0 Å². The molecule has 1 aromatic heterocycles. The Balaban J connectivity index is 1.58. The van der Waals surface area contributed by atoms with E-state index in [9.17, 15) is 19.1 Å². The van der Waals surface area contributed by atoms with Gasteiger partial charge in [-0.2, -0.15) is 5.26 Å². The predicted molar refractivity (Wildman–Crippen MR) is 123 cm³/mol. The van der Waals surface area contributed by atoms with Gasteiger partial charge in [-0.15, -0.1) is 11.3 Å². The summed E-state index contributed by atoms with van der Waals surface area (Å²) >= 11 is 1.38. The van der Waals surface area contributed by atoms with Gasteiger partial charge in [0.25, 0.3) is 0 Å². The van der Waals surface area contributed by atoms with Crippen LogP contribution >= 0.6 is 11.3 Å². The number of morpholine rings is 1. The molecule has 0 amide bonds. The van der Waals surface area contributed by atoms with Gasteiger partial charge in [0, 0.05) is 30.4 Å². The van der Waals surface area contributed by atoms with E-state index in [4.69, 9.17) is 9.73 Å². The number of rotatable bonds is 5. The maximum Gasteiger partial charge on any atom is 0.163 e. The van der Waals surface area contributed by atoms with Crippen LogP contribution in [0.5, 0.6) is 0 Å². The third kappa shape index (κ3) is 4.11. The van der Waals surface area contributed by atoms with E-state index in [1.807, 2.05) is 5.38 Å². The smallest absolute Gasteiger partial charge is 0.163 e. The fourth-order valence-corrected chi connectivity index (χ4v) is 4.97. The first-order valence-electron chi connectivity index (χ1n) is 11.0. The third-order valence-corrected chi connectivity index (χ3v) is 7.18. The molecular weight excluding hydrogens is 460 g/mol. The predicted octanol–water partition coefficient (Wildman–Crippen LogP) is 3.77. The molecule has 0 spiro atoms. The number of amidine groups is 1. The molecule has 0 bridgehead atoms. The Hall–Kier alpha value is -3.13. The van der Waals surface area contributed by atoms with Crippen LogP contribution in [-0.2, 0) is 10.3 Å². The van der Waals surface area contributed by atoms with Crippen LogP contribution in [0.2, 0.25) is 0 Å². The van der Waals surface area contributed by atoms with Crippen molar-refractivity contribution in [2.75, 3.05) is 26.3 Å². The molecule has 10 heteroatoms. The zero-order valence-electron chi connectivity index (χ0n) is 18.5. The first-order valence-corrected chi connectivity index (χ1v) is 11.9. The van der Waals surface area contributed by atoms with Crippen LogP contribution < -0.4 is 5.32 Å². The number of benzene rings is 1. The molecular formula is C24H23F2N5O2S. The van der Waals surface area contributed by atoms with Crippen LogP contribution in [0.15, 0.2) is 57.4 Å². The van der Waals surface area contributed by atoms with E-state index in [-0.39, 0.29) is 6.04 Å². The average Bonchev–Trinajstić information content (AvgIpc) is 3.54. The number of aliphatic imine (C=N–C) groups is 1. The molecule has 3 heterocycles. The lowest BCUT2D eigenvalue weighted by Gasteiger charge is -2.38. The second-order valence-corrected chi connectivity index (χ2v) is 9.53. The van der Waals surface area contributed by atoms with E-state index in [2.05, 4.69) is 21.3 Å². The molecule has 0 radical (unpaired) electrons. The standard InChI is InChI=1S/C24H23F2N5O2S/c1-24(15-4-5-17(25)18(26)10-15)16(11-27)19(29-22(30-24)23-28-6-9-34-23)12-31-7-8-33-13-20(31)21(32)14-2-3-14/h4-6,9-10,20,32H,2-3,7-8,12-13H2,1H3,(H,29,30). The van der Waals surface area contributed by atoms with Crippen molar-refractivity contribution in [3.05, 3.63) is 74.6 Å². The maximum absolute atomic E-state index is 14.2. The number of thiazole rings is 1. The Labute approximate surface area is 199 Å². The number of halogens is 2. The Bertz CT molecular complexity index is 1240. The summed E-state index contributed by atoms with van der Waals surface area (Å²) in [6.45, 7) is 3.46. The molecule has 1 aliphatic carbocycles. The van der Waals surface area contributed by atoms with Crippen molar-refractivity contribution in [2.24, 2.45) is 4.99 Å². The maximum atomic E-state index is 14.2. The highest BCUT2D eigenvalue weighted by atomic mass is 32.1. The van der Waals surface area contributed by atoms with Crippen molar-refractivity contribution in [1.29, 1.82) is 5.26 Å². The van der Waals surface area contributed by atoms with Crippen LogP contribution in [0.3, 0.4) is 0 Å². The van der Waals surface area contributed by atoms with E-state index >= 15 is 0 Å². The largest absolute Gasteiger partial charge is 0.511 e. The molecule has 5 rings (SSSR count). The highest BCUT2D eigenvalue weighted by Gasteiger charge is 2.40. The fraction of sp³-hybridized carbons (Fsp3) is 0.375. The van der Waals surface area contributed by atoms with Crippen molar-refractivity contribution in [3.8, 4) is 6.07 Å². The molecule has 34 heavy (non-hydrogen) atoms. The number of nitrogens with zero attached hydrogens (tertiary/aromatic N) is 4. The summed E-state index contributed by atoms with van der Waals surface area (Å²) in [4.78, 5) is 11.2. The quantitative estimate of drug-likeness (QED) is 0.629. The molecule has 1 saturated heterocycles. The van der Waals surface area contributed by atoms with Gasteiger partial charge in [0.05, 0.1) is 30.9 Å². The zero-order chi connectivity index (χ0) is 23.9. The van der Waals surface area contributed by atoms with Gasteiger partial charge < -0.3 is 15.2 Å². The Morgan fingerprint density at radius 2 is 2.21 bits per heavy atom. The Morgan fingerprint density at radius 3 is 2.88 bits per heavy atom. The van der Waals surface area contributed by atoms with Crippen LogP contribution in [0, 0.1) is 23.0 Å². The van der Waals surface area contributed by atoms with Crippen LogP contribution in [0.4, 0.5) is 8.78 Å². The highest BCUT2D eigenvalue weighted by molar-refractivity contribution is 7.11. The Morgan fingerprint density at radius 1 is 1.38 bits per heavy atom. The minimum atomic E-state index is -1.26. The number of hydrogen-bond acceptors (Lipinski definition) is 8. The first-order chi connectivity index (χ1) is 16.4. The first kappa shape index (κ1) is 22.7. The fourth-order valence-electron chi connectivity index (χ4n) is 4.39. The van der Waals surface area contributed by atoms with Crippen LogP contribution in [-0.4, -0.2) is 53.2 Å². The van der Waals surface area contributed by atoms with Gasteiger partial charge in [0.1, 0.15) is 11.3 Å². The van der Waals surface area contributed by atoms with E-state index in [1.54, 1.807) is 13.1 Å². The molecule has 2 unspecified atom stereocenters. The van der Waals surface area contributed by atoms with Gasteiger partial charge in [0.15, 0.2) is 22.5 Å². The number of aliphatic hydroxyl groups excluding tert-OH is 1.